The molecule has 0 fully saturated rings. The maximum atomic E-state index is 13.5. The van der Waals surface area contributed by atoms with Crippen molar-refractivity contribution in [1.29, 1.82) is 0 Å². The maximum absolute atomic E-state index is 13.5. The van der Waals surface area contributed by atoms with Crippen LogP contribution < -0.4 is 5.73 Å². The van der Waals surface area contributed by atoms with Crippen molar-refractivity contribution in [1.82, 2.24) is 4.98 Å². The molecule has 0 atom stereocenters. The molecule has 4 heteroatoms. The molecule has 0 spiro atoms. The third-order valence-electron chi connectivity index (χ3n) is 2.31. The smallest absolute Gasteiger partial charge is 0.166 e. The number of benzene rings is 1. The van der Waals surface area contributed by atoms with E-state index in [0.717, 1.165) is 11.8 Å². The van der Waals surface area contributed by atoms with E-state index in [1.165, 1.54) is 12.1 Å². The fourth-order valence-corrected chi connectivity index (χ4v) is 1.52. The summed E-state index contributed by atoms with van der Waals surface area (Å²) in [5.74, 6) is -1.60. The number of rotatable bonds is 1. The van der Waals surface area contributed by atoms with Gasteiger partial charge in [0.2, 0.25) is 0 Å². The minimum absolute atomic E-state index is 0.130. The van der Waals surface area contributed by atoms with E-state index in [1.807, 2.05) is 0 Å². The number of aromatic nitrogens is 1. The Morgan fingerprint density at radius 2 is 1.81 bits per heavy atom. The van der Waals surface area contributed by atoms with Gasteiger partial charge in [0.15, 0.2) is 11.6 Å². The molecule has 16 heavy (non-hydrogen) atoms. The van der Waals surface area contributed by atoms with Gasteiger partial charge in [-0.1, -0.05) is 12.1 Å². The number of aryl methyl sites for hydroxylation is 1. The average Bonchev–Trinajstić information content (AvgIpc) is 2.23. The van der Waals surface area contributed by atoms with Gasteiger partial charge >= 0.3 is 0 Å². The number of anilines is 1. The van der Waals surface area contributed by atoms with Crippen LogP contribution >= 0.6 is 0 Å². The molecule has 0 amide bonds. The lowest BCUT2D eigenvalue weighted by Crippen LogP contribution is -1.98. The molecule has 82 valence electrons. The second-order valence-electron chi connectivity index (χ2n) is 3.49. The molecule has 2 aromatic rings. The largest absolute Gasteiger partial charge is 0.383 e. The number of nitrogens with zero attached hydrogens (tertiary/aromatic N) is 1. The molecular formula is C12H10F2N2. The van der Waals surface area contributed by atoms with Crippen LogP contribution in [0.25, 0.3) is 11.1 Å². The first-order chi connectivity index (χ1) is 7.59. The highest BCUT2D eigenvalue weighted by molar-refractivity contribution is 5.74. The molecule has 0 unspecified atom stereocenters. The normalized spacial score (nSPS) is 10.4. The van der Waals surface area contributed by atoms with Crippen molar-refractivity contribution in [3.05, 3.63) is 47.7 Å². The molecule has 1 heterocycles. The minimum Gasteiger partial charge on any atom is -0.383 e. The molecule has 0 saturated heterocycles. The molecule has 2 N–H and O–H groups in total. The van der Waals surface area contributed by atoms with Crippen molar-refractivity contribution in [2.45, 2.75) is 6.92 Å². The van der Waals surface area contributed by atoms with Crippen molar-refractivity contribution in [2.75, 3.05) is 5.73 Å². The van der Waals surface area contributed by atoms with E-state index in [1.54, 1.807) is 19.1 Å². The molecule has 0 aliphatic carbocycles. The SMILES string of the molecule is Cc1ccc(-c2cccc(F)c2F)c(N)n1. The fraction of sp³-hybridized carbons (Fsp3) is 0.0833. The lowest BCUT2D eigenvalue weighted by atomic mass is 10.1. The Bertz CT molecular complexity index is 539. The van der Waals surface area contributed by atoms with E-state index < -0.39 is 11.6 Å². The number of hydrogen-bond donors (Lipinski definition) is 1. The van der Waals surface area contributed by atoms with E-state index in [-0.39, 0.29) is 11.4 Å². The van der Waals surface area contributed by atoms with Gasteiger partial charge in [-0.3, -0.25) is 0 Å². The zero-order valence-electron chi connectivity index (χ0n) is 8.67. The van der Waals surface area contributed by atoms with Gasteiger partial charge in [-0.05, 0) is 25.1 Å². The molecule has 1 aromatic carbocycles. The number of nitrogens with two attached hydrogens (primary N) is 1. The maximum Gasteiger partial charge on any atom is 0.166 e. The summed E-state index contributed by atoms with van der Waals surface area (Å²) >= 11 is 0. The lowest BCUT2D eigenvalue weighted by molar-refractivity contribution is 0.511. The molecule has 2 nitrogen and oxygen atoms in total. The standard InChI is InChI=1S/C12H10F2N2/c1-7-5-6-9(12(15)16-7)8-3-2-4-10(13)11(8)14/h2-6H,1H3,(H2,15,16). The van der Waals surface area contributed by atoms with Crippen molar-refractivity contribution in [2.24, 2.45) is 0 Å². The van der Waals surface area contributed by atoms with Crippen LogP contribution in [0.2, 0.25) is 0 Å². The highest BCUT2D eigenvalue weighted by Gasteiger charge is 2.12. The van der Waals surface area contributed by atoms with Crippen molar-refractivity contribution >= 4 is 5.82 Å². The van der Waals surface area contributed by atoms with E-state index in [4.69, 9.17) is 5.73 Å². The highest BCUT2D eigenvalue weighted by Crippen LogP contribution is 2.28. The molecule has 0 saturated carbocycles. The van der Waals surface area contributed by atoms with E-state index in [9.17, 15) is 8.78 Å². The predicted octanol–water partition coefficient (Wildman–Crippen LogP) is 2.92. The second-order valence-corrected chi connectivity index (χ2v) is 3.49. The summed E-state index contributed by atoms with van der Waals surface area (Å²) < 4.78 is 26.5. The summed E-state index contributed by atoms with van der Waals surface area (Å²) in [6.07, 6.45) is 0. The summed E-state index contributed by atoms with van der Waals surface area (Å²) in [5, 5.41) is 0. The van der Waals surface area contributed by atoms with Crippen LogP contribution in [-0.2, 0) is 0 Å². The Hall–Kier alpha value is -1.97. The number of pyridine rings is 1. The molecule has 0 aliphatic heterocycles. The van der Waals surface area contributed by atoms with Crippen LogP contribution in [0.4, 0.5) is 14.6 Å². The first-order valence-corrected chi connectivity index (χ1v) is 4.77. The Morgan fingerprint density at radius 1 is 1.06 bits per heavy atom. The molecule has 0 bridgehead atoms. The summed E-state index contributed by atoms with van der Waals surface area (Å²) in [6, 6.07) is 7.32. The molecule has 0 radical (unpaired) electrons. The van der Waals surface area contributed by atoms with E-state index >= 15 is 0 Å². The second kappa shape index (κ2) is 3.89. The summed E-state index contributed by atoms with van der Waals surface area (Å²) in [4.78, 5) is 4.01. The summed E-state index contributed by atoms with van der Waals surface area (Å²) in [5.41, 5.74) is 6.94. The topological polar surface area (TPSA) is 38.9 Å². The number of nitrogen functional groups attached to an aromatic ring is 1. The quantitative estimate of drug-likeness (QED) is 0.802. The van der Waals surface area contributed by atoms with E-state index in [0.29, 0.717) is 5.56 Å². The van der Waals surface area contributed by atoms with Crippen LogP contribution in [0.15, 0.2) is 30.3 Å². The monoisotopic (exact) mass is 220 g/mol. The third-order valence-corrected chi connectivity index (χ3v) is 2.31. The predicted molar refractivity (Wildman–Crippen MR) is 58.7 cm³/mol. The molecule has 0 aliphatic rings. The fourth-order valence-electron chi connectivity index (χ4n) is 1.52. The van der Waals surface area contributed by atoms with E-state index in [2.05, 4.69) is 4.98 Å². The van der Waals surface area contributed by atoms with Crippen LogP contribution in [0.3, 0.4) is 0 Å². The van der Waals surface area contributed by atoms with Crippen molar-refractivity contribution in [3.63, 3.8) is 0 Å². The number of halogens is 2. The molecule has 1 aromatic heterocycles. The van der Waals surface area contributed by atoms with Gasteiger partial charge in [-0.25, -0.2) is 13.8 Å². The van der Waals surface area contributed by atoms with Crippen LogP contribution in [-0.4, -0.2) is 4.98 Å². The number of hydrogen-bond acceptors (Lipinski definition) is 2. The summed E-state index contributed by atoms with van der Waals surface area (Å²) in [7, 11) is 0. The lowest BCUT2D eigenvalue weighted by Gasteiger charge is -2.07. The first kappa shape index (κ1) is 10.5. The van der Waals surface area contributed by atoms with Gasteiger partial charge in [0.05, 0.1) is 0 Å². The average molecular weight is 220 g/mol. The minimum atomic E-state index is -0.903. The van der Waals surface area contributed by atoms with Gasteiger partial charge in [0.25, 0.3) is 0 Å². The Balaban J connectivity index is 2.63. The highest BCUT2D eigenvalue weighted by atomic mass is 19.2. The molecule has 2 rings (SSSR count). The first-order valence-electron chi connectivity index (χ1n) is 4.77. The van der Waals surface area contributed by atoms with Crippen LogP contribution in [0.1, 0.15) is 5.69 Å². The molecular weight excluding hydrogens is 210 g/mol. The van der Waals surface area contributed by atoms with Gasteiger partial charge in [0, 0.05) is 16.8 Å². The van der Waals surface area contributed by atoms with Crippen molar-refractivity contribution in [3.8, 4) is 11.1 Å². The van der Waals surface area contributed by atoms with Gasteiger partial charge in [-0.15, -0.1) is 0 Å². The summed E-state index contributed by atoms with van der Waals surface area (Å²) in [6.45, 7) is 1.78. The van der Waals surface area contributed by atoms with Crippen molar-refractivity contribution < 1.29 is 8.78 Å². The van der Waals surface area contributed by atoms with Crippen LogP contribution in [0.5, 0.6) is 0 Å². The zero-order valence-corrected chi connectivity index (χ0v) is 8.67. The van der Waals surface area contributed by atoms with Gasteiger partial charge in [-0.2, -0.15) is 0 Å². The Kier molecular flexibility index (Phi) is 2.56. The zero-order chi connectivity index (χ0) is 11.7. The third kappa shape index (κ3) is 1.74. The van der Waals surface area contributed by atoms with Gasteiger partial charge in [0.1, 0.15) is 5.82 Å². The Morgan fingerprint density at radius 3 is 2.50 bits per heavy atom. The van der Waals surface area contributed by atoms with Gasteiger partial charge < -0.3 is 5.73 Å². The Labute approximate surface area is 91.7 Å². The van der Waals surface area contributed by atoms with Crippen LogP contribution in [0, 0.1) is 18.6 Å².